The van der Waals surface area contributed by atoms with Gasteiger partial charge in [-0.05, 0) is 52.6 Å². The third kappa shape index (κ3) is 9.70. The van der Waals surface area contributed by atoms with E-state index in [-0.39, 0.29) is 17.7 Å². The second kappa shape index (κ2) is 13.3. The van der Waals surface area contributed by atoms with E-state index in [4.69, 9.17) is 0 Å². The third-order valence-corrected chi connectivity index (χ3v) is 5.67. The van der Waals surface area contributed by atoms with Crippen molar-refractivity contribution in [2.24, 2.45) is 11.8 Å². The summed E-state index contributed by atoms with van der Waals surface area (Å²) in [5, 5.41) is 3.14. The molecule has 1 N–H and O–H groups in total. The van der Waals surface area contributed by atoms with Crippen LogP contribution in [0.4, 0.5) is 0 Å². The maximum absolute atomic E-state index is 12.2. The van der Waals surface area contributed by atoms with Gasteiger partial charge in [0.15, 0.2) is 0 Å². The Bertz CT molecular complexity index is 399. The Labute approximate surface area is 161 Å². The van der Waals surface area contributed by atoms with Gasteiger partial charge in [-0.25, -0.2) is 0 Å². The minimum absolute atomic E-state index is 0.188. The van der Waals surface area contributed by atoms with Gasteiger partial charge in [0.05, 0.1) is 0 Å². The Morgan fingerprint density at radius 2 is 1.42 bits per heavy atom. The predicted molar refractivity (Wildman–Crippen MR) is 109 cm³/mol. The molecule has 1 saturated heterocycles. The van der Waals surface area contributed by atoms with Crippen LogP contribution in [0.3, 0.4) is 0 Å². The molecule has 0 aromatic heterocycles. The number of carbonyl (C=O) groups excluding carboxylic acids is 2. The standard InChI is InChI=1S/C22H42N2O2/c1-18(2)21(25)12-10-8-6-5-7-9-11-15-23-22(26)20-13-16-24(17-14-20)19(3)4/h18-20H,5-17H2,1-4H3,(H,23,26). The molecule has 4 heteroatoms. The molecule has 0 radical (unpaired) electrons. The van der Waals surface area contributed by atoms with Crippen LogP contribution in [0.15, 0.2) is 0 Å². The van der Waals surface area contributed by atoms with E-state index >= 15 is 0 Å². The lowest BCUT2D eigenvalue weighted by molar-refractivity contribution is -0.126. The van der Waals surface area contributed by atoms with E-state index in [1.807, 2.05) is 13.8 Å². The SMILES string of the molecule is CC(C)C(=O)CCCCCCCCCNC(=O)C1CCN(C(C)C)CC1. The van der Waals surface area contributed by atoms with Crippen LogP contribution >= 0.6 is 0 Å². The third-order valence-electron chi connectivity index (χ3n) is 5.67. The molecule has 1 rings (SSSR count). The van der Waals surface area contributed by atoms with E-state index in [1.54, 1.807) is 0 Å². The Balaban J connectivity index is 1.91. The number of hydrogen-bond donors (Lipinski definition) is 1. The fraction of sp³-hybridized carbons (Fsp3) is 0.909. The molecule has 0 aromatic rings. The molecule has 1 heterocycles. The Morgan fingerprint density at radius 3 is 1.96 bits per heavy atom. The van der Waals surface area contributed by atoms with Crippen LogP contribution in [0.25, 0.3) is 0 Å². The van der Waals surface area contributed by atoms with Gasteiger partial charge >= 0.3 is 0 Å². The van der Waals surface area contributed by atoms with Crippen molar-refractivity contribution >= 4 is 11.7 Å². The number of amides is 1. The van der Waals surface area contributed by atoms with Crippen molar-refractivity contribution in [3.8, 4) is 0 Å². The summed E-state index contributed by atoms with van der Waals surface area (Å²) in [7, 11) is 0. The predicted octanol–water partition coefficient (Wildman–Crippen LogP) is 4.57. The van der Waals surface area contributed by atoms with Crippen molar-refractivity contribution in [2.75, 3.05) is 19.6 Å². The number of ketones is 1. The highest BCUT2D eigenvalue weighted by atomic mass is 16.2. The zero-order valence-electron chi connectivity index (χ0n) is 17.7. The van der Waals surface area contributed by atoms with Crippen molar-refractivity contribution in [3.63, 3.8) is 0 Å². The number of carbonyl (C=O) groups is 2. The maximum Gasteiger partial charge on any atom is 0.223 e. The monoisotopic (exact) mass is 366 g/mol. The first-order valence-electron chi connectivity index (χ1n) is 11.0. The first-order chi connectivity index (χ1) is 12.4. The highest BCUT2D eigenvalue weighted by Gasteiger charge is 2.25. The van der Waals surface area contributed by atoms with Gasteiger partial charge in [-0.1, -0.05) is 46.0 Å². The molecule has 4 nitrogen and oxygen atoms in total. The second-order valence-electron chi connectivity index (χ2n) is 8.54. The second-order valence-corrected chi connectivity index (χ2v) is 8.54. The average Bonchev–Trinajstić information content (AvgIpc) is 2.62. The summed E-state index contributed by atoms with van der Waals surface area (Å²) in [4.78, 5) is 26.2. The van der Waals surface area contributed by atoms with Crippen LogP contribution in [-0.4, -0.2) is 42.3 Å². The fourth-order valence-electron chi connectivity index (χ4n) is 3.63. The van der Waals surface area contributed by atoms with Gasteiger partial charge in [-0.3, -0.25) is 9.59 Å². The summed E-state index contributed by atoms with van der Waals surface area (Å²) in [6.45, 7) is 11.4. The van der Waals surface area contributed by atoms with Gasteiger partial charge in [-0.15, -0.1) is 0 Å². The zero-order valence-corrected chi connectivity index (χ0v) is 17.7. The van der Waals surface area contributed by atoms with Crippen molar-refractivity contribution in [3.05, 3.63) is 0 Å². The molecular weight excluding hydrogens is 324 g/mol. The van der Waals surface area contributed by atoms with E-state index in [0.29, 0.717) is 11.8 Å². The molecule has 0 saturated carbocycles. The Morgan fingerprint density at radius 1 is 0.885 bits per heavy atom. The van der Waals surface area contributed by atoms with Crippen molar-refractivity contribution < 1.29 is 9.59 Å². The molecule has 0 bridgehead atoms. The van der Waals surface area contributed by atoms with Crippen molar-refractivity contribution in [1.82, 2.24) is 10.2 Å². The number of likely N-dealkylation sites (tertiary alicyclic amines) is 1. The Kier molecular flexibility index (Phi) is 11.8. The fourth-order valence-corrected chi connectivity index (χ4v) is 3.63. The van der Waals surface area contributed by atoms with Crippen LogP contribution in [0.5, 0.6) is 0 Å². The van der Waals surface area contributed by atoms with Crippen LogP contribution in [0.1, 0.15) is 91.9 Å². The topological polar surface area (TPSA) is 49.4 Å². The lowest BCUT2D eigenvalue weighted by atomic mass is 9.95. The van der Waals surface area contributed by atoms with Gasteiger partial charge in [0.2, 0.25) is 5.91 Å². The van der Waals surface area contributed by atoms with E-state index in [2.05, 4.69) is 24.1 Å². The number of Topliss-reactive ketones (excluding diaryl/α,β-unsaturated/α-hetero) is 1. The molecule has 0 atom stereocenters. The largest absolute Gasteiger partial charge is 0.356 e. The van der Waals surface area contributed by atoms with Gasteiger partial charge in [0, 0.05) is 30.8 Å². The summed E-state index contributed by atoms with van der Waals surface area (Å²) in [6.07, 6.45) is 11.0. The quantitative estimate of drug-likeness (QED) is 0.486. The van der Waals surface area contributed by atoms with Crippen LogP contribution < -0.4 is 5.32 Å². The van der Waals surface area contributed by atoms with E-state index < -0.39 is 0 Å². The molecule has 0 spiro atoms. The number of nitrogens with zero attached hydrogens (tertiary/aromatic N) is 1. The molecule has 0 unspecified atom stereocenters. The summed E-state index contributed by atoms with van der Waals surface area (Å²) >= 11 is 0. The number of piperidine rings is 1. The highest BCUT2D eigenvalue weighted by molar-refractivity contribution is 5.80. The average molecular weight is 367 g/mol. The molecular formula is C22H42N2O2. The number of unbranched alkanes of at least 4 members (excludes halogenated alkanes) is 6. The number of nitrogens with one attached hydrogen (secondary N) is 1. The van der Waals surface area contributed by atoms with Crippen molar-refractivity contribution in [1.29, 1.82) is 0 Å². The van der Waals surface area contributed by atoms with Gasteiger partial charge in [0.25, 0.3) is 0 Å². The number of hydrogen-bond acceptors (Lipinski definition) is 3. The summed E-state index contributed by atoms with van der Waals surface area (Å²) in [6, 6.07) is 0.592. The molecule has 1 aliphatic heterocycles. The smallest absolute Gasteiger partial charge is 0.223 e. The Hall–Kier alpha value is -0.900. The molecule has 152 valence electrons. The zero-order chi connectivity index (χ0) is 19.4. The lowest BCUT2D eigenvalue weighted by Crippen LogP contribution is -2.43. The molecule has 1 amide bonds. The van der Waals surface area contributed by atoms with Crippen LogP contribution in [0.2, 0.25) is 0 Å². The first-order valence-corrected chi connectivity index (χ1v) is 11.0. The van der Waals surface area contributed by atoms with Gasteiger partial charge < -0.3 is 10.2 Å². The number of rotatable bonds is 13. The van der Waals surface area contributed by atoms with Crippen LogP contribution in [-0.2, 0) is 9.59 Å². The molecule has 0 aromatic carbocycles. The first kappa shape index (κ1) is 23.1. The minimum Gasteiger partial charge on any atom is -0.356 e. The van der Waals surface area contributed by atoms with E-state index in [1.165, 1.54) is 32.1 Å². The summed E-state index contributed by atoms with van der Waals surface area (Å²) in [5.74, 6) is 1.07. The molecule has 1 fully saturated rings. The molecule has 0 aliphatic carbocycles. The van der Waals surface area contributed by atoms with Crippen molar-refractivity contribution in [2.45, 2.75) is 97.9 Å². The maximum atomic E-state index is 12.2. The van der Waals surface area contributed by atoms with E-state index in [9.17, 15) is 9.59 Å². The highest BCUT2D eigenvalue weighted by Crippen LogP contribution is 2.19. The normalized spacial score (nSPS) is 16.4. The minimum atomic E-state index is 0.188. The van der Waals surface area contributed by atoms with Gasteiger partial charge in [-0.2, -0.15) is 0 Å². The van der Waals surface area contributed by atoms with Gasteiger partial charge in [0.1, 0.15) is 5.78 Å². The van der Waals surface area contributed by atoms with Crippen LogP contribution in [0, 0.1) is 11.8 Å². The molecule has 26 heavy (non-hydrogen) atoms. The van der Waals surface area contributed by atoms with E-state index in [0.717, 1.165) is 51.7 Å². The lowest BCUT2D eigenvalue weighted by Gasteiger charge is -2.33. The molecule has 1 aliphatic rings. The summed E-state index contributed by atoms with van der Waals surface area (Å²) < 4.78 is 0. The summed E-state index contributed by atoms with van der Waals surface area (Å²) in [5.41, 5.74) is 0.